The number of phenolic OH excluding ortho intramolecular Hbond substituents is 1. The molecule has 7 heterocycles. The number of phenols is 1. The third-order valence-corrected chi connectivity index (χ3v) is 16.4. The van der Waals surface area contributed by atoms with E-state index in [4.69, 9.17) is 0 Å². The molecule has 4 fully saturated rings. The van der Waals surface area contributed by atoms with E-state index in [1.54, 1.807) is 14.0 Å². The molecular formula is C35H39N13O13S3. The van der Waals surface area contributed by atoms with Crippen LogP contribution in [0.5, 0.6) is 5.75 Å². The number of amides is 7. The van der Waals surface area contributed by atoms with Crippen LogP contribution >= 0.6 is 23.5 Å². The maximum absolute atomic E-state index is 13.6. The van der Waals surface area contributed by atoms with Crippen LogP contribution in [-0.2, 0) is 57.0 Å². The summed E-state index contributed by atoms with van der Waals surface area (Å²) in [6.45, 7) is 3.22. The summed E-state index contributed by atoms with van der Waals surface area (Å²) in [5.41, 5.74) is 0.536. The molecular weight excluding hydrogens is 907 g/mol. The van der Waals surface area contributed by atoms with E-state index in [0.29, 0.717) is 22.2 Å². The summed E-state index contributed by atoms with van der Waals surface area (Å²) in [5.74, 6) is -6.04. The number of tetrazole rings is 1. The van der Waals surface area contributed by atoms with Gasteiger partial charge in [-0.05, 0) is 47.5 Å². The number of sulfone groups is 1. The van der Waals surface area contributed by atoms with Crippen molar-refractivity contribution in [1.29, 1.82) is 0 Å². The van der Waals surface area contributed by atoms with Gasteiger partial charge in [0.05, 0.1) is 19.2 Å². The van der Waals surface area contributed by atoms with E-state index in [2.05, 4.69) is 36.5 Å². The maximum Gasteiger partial charge on any atom is 0.352 e. The number of carboxylic acids is 2. The number of urea groups is 1. The summed E-state index contributed by atoms with van der Waals surface area (Å²) in [6.07, 6.45) is 2.68. The molecule has 0 aliphatic carbocycles. The van der Waals surface area contributed by atoms with Gasteiger partial charge in [0.2, 0.25) is 17.0 Å². The fraction of sp³-hybridized carbons (Fsp3) is 0.457. The number of carbonyl (C=O) groups is 8. The number of piperazine rings is 1. The molecule has 5 aliphatic rings. The Morgan fingerprint density at radius 2 is 1.77 bits per heavy atom. The fourth-order valence-electron chi connectivity index (χ4n) is 7.79. The highest BCUT2D eigenvalue weighted by Gasteiger charge is 2.70. The number of benzene rings is 1. The van der Waals surface area contributed by atoms with Crippen LogP contribution in [0.3, 0.4) is 0 Å². The van der Waals surface area contributed by atoms with Crippen LogP contribution in [-0.4, -0.2) is 185 Å². The molecule has 2 aromatic heterocycles. The average Bonchev–Trinajstić information content (AvgIpc) is 3.96. The second-order valence-corrected chi connectivity index (χ2v) is 19.6. The van der Waals surface area contributed by atoms with Crippen molar-refractivity contribution in [2.24, 2.45) is 7.05 Å². The van der Waals surface area contributed by atoms with Crippen LogP contribution in [0.2, 0.25) is 0 Å². The molecule has 0 bridgehead atoms. The number of aromatic hydroxyl groups is 1. The number of aryl methyl sites for hydroxylation is 1. The van der Waals surface area contributed by atoms with E-state index in [0.717, 1.165) is 9.80 Å². The first-order valence-corrected chi connectivity index (χ1v) is 22.8. The van der Waals surface area contributed by atoms with Crippen LogP contribution in [0.4, 0.5) is 4.79 Å². The van der Waals surface area contributed by atoms with Gasteiger partial charge in [0.25, 0.3) is 5.91 Å². The largest absolute Gasteiger partial charge is 0.508 e. The highest BCUT2D eigenvalue weighted by molar-refractivity contribution is 8.01. The third kappa shape index (κ3) is 7.97. The highest BCUT2D eigenvalue weighted by atomic mass is 32.2. The predicted molar refractivity (Wildman–Crippen MR) is 217 cm³/mol. The Labute approximate surface area is 370 Å². The topological polar surface area (TPSA) is 343 Å². The first kappa shape index (κ1) is 45.4. The van der Waals surface area contributed by atoms with E-state index in [1.807, 2.05) is 0 Å². The zero-order chi connectivity index (χ0) is 46.4. The fourth-order valence-corrected chi connectivity index (χ4v) is 12.5. The van der Waals surface area contributed by atoms with Crippen LogP contribution in [0.1, 0.15) is 31.9 Å². The molecule has 0 radical (unpaired) electrons. The molecule has 26 nitrogen and oxygen atoms in total. The van der Waals surface area contributed by atoms with Crippen LogP contribution in [0.15, 0.2) is 53.1 Å². The van der Waals surface area contributed by atoms with Crippen molar-refractivity contribution in [2.75, 3.05) is 31.1 Å². The summed E-state index contributed by atoms with van der Waals surface area (Å²) < 4.78 is 26.2. The van der Waals surface area contributed by atoms with Gasteiger partial charge in [0.1, 0.15) is 39.0 Å². The van der Waals surface area contributed by atoms with Crippen molar-refractivity contribution in [1.82, 2.24) is 65.4 Å². The highest BCUT2D eigenvalue weighted by Crippen LogP contribution is 2.47. The average molecular weight is 946 g/mol. The lowest BCUT2D eigenvalue weighted by atomic mass is 9.96. The molecule has 0 saturated carbocycles. The minimum Gasteiger partial charge on any atom is -0.508 e. The van der Waals surface area contributed by atoms with E-state index < -0.39 is 91.0 Å². The van der Waals surface area contributed by atoms with Crippen molar-refractivity contribution >= 4 is 80.9 Å². The van der Waals surface area contributed by atoms with Crippen molar-refractivity contribution in [3.05, 3.63) is 53.5 Å². The Bertz CT molecular complexity index is 2570. The number of imide groups is 1. The molecule has 64 heavy (non-hydrogen) atoms. The number of fused-ring (bicyclic) bond motifs is 2. The number of nitrogens with zero attached hydrogens (tertiary/aromatic N) is 11. The van der Waals surface area contributed by atoms with Crippen molar-refractivity contribution in [3.63, 3.8) is 0 Å². The first-order valence-electron chi connectivity index (χ1n) is 19.2. The van der Waals surface area contributed by atoms with Crippen molar-refractivity contribution in [3.8, 4) is 5.75 Å². The maximum atomic E-state index is 13.6. The van der Waals surface area contributed by atoms with Crippen molar-refractivity contribution < 1.29 is 62.1 Å². The molecule has 5 aliphatic heterocycles. The second kappa shape index (κ2) is 17.5. The Hall–Kier alpha value is -6.62. The summed E-state index contributed by atoms with van der Waals surface area (Å²) in [7, 11) is -2.15. The minimum absolute atomic E-state index is 0.0823. The standard InChI is InChI=1S/C25H27N9O8S2.C10H12N4O5S/c1-3-32-8-9-33(21(39)20(32)38)24(42)27-15(12-4-6-14(35)7-5-12)18(36)26-16-19(37)34-17(23(40)41)13(10-43-22(16)34)11-44-25-28-29-30-31(25)2;1-10(5-13-3-2-11-12-13)8(9(16)17)14-6(15)4-7(14)20(10,18)19/h4-7,15-16,22,35H,3,8-11H2,1-2H3,(H,26,36)(H,27,42)(H,40,41);2-3,7-8H,4-5H2,1H3,(H,16,17)/t15-,16-,22-;7-,8+,10+/m11/s1. The number of nitrogens with one attached hydrogen (secondary N) is 2. The zero-order valence-corrected chi connectivity index (χ0v) is 36.3. The van der Waals surface area contributed by atoms with Crippen molar-refractivity contribution in [2.45, 2.75) is 65.6 Å². The molecule has 0 unspecified atom stereocenters. The van der Waals surface area contributed by atoms with Gasteiger partial charge in [-0.1, -0.05) is 29.1 Å². The van der Waals surface area contributed by atoms with E-state index >= 15 is 0 Å². The van der Waals surface area contributed by atoms with E-state index in [-0.39, 0.29) is 54.6 Å². The Morgan fingerprint density at radius 1 is 1.05 bits per heavy atom. The quantitative estimate of drug-likeness (QED) is 0.0704. The molecule has 8 rings (SSSR count). The lowest BCUT2D eigenvalue weighted by Crippen LogP contribution is -2.71. The van der Waals surface area contributed by atoms with Gasteiger partial charge in [0.15, 0.2) is 15.9 Å². The van der Waals surface area contributed by atoms with E-state index in [9.17, 15) is 62.1 Å². The number of β-lactam (4-membered cyclic amide) rings is 2. The molecule has 4 saturated heterocycles. The third-order valence-electron chi connectivity index (χ3n) is 11.2. The predicted octanol–water partition coefficient (Wildman–Crippen LogP) is -2.64. The lowest BCUT2D eigenvalue weighted by molar-refractivity contribution is -0.157. The molecule has 0 spiro atoms. The van der Waals surface area contributed by atoms with Gasteiger partial charge in [-0.25, -0.2) is 27.5 Å². The number of likely N-dealkylation sites (N-methyl/N-ethyl adjacent to an activating group) is 1. The SMILES string of the molecule is CCN1CCN(C(=O)N[C@@H](C(=O)N[C@@H]2C(=O)N3C(C(=O)O)=C(CSc4nnnn4C)CS[C@H]23)c2ccc(O)cc2)C(=O)C1=O.C[C@]1(Cn2ccnn2)[C@H](C(=O)O)N2C(=O)C[C@H]2S1(=O)=O. The Kier molecular flexibility index (Phi) is 12.4. The first-order chi connectivity index (χ1) is 30.3. The molecule has 5 N–H and O–H groups in total. The smallest absolute Gasteiger partial charge is 0.352 e. The lowest BCUT2D eigenvalue weighted by Gasteiger charge is -2.49. The number of carbonyl (C=O) groups excluding carboxylic acids is 6. The molecule has 340 valence electrons. The number of thioether (sulfide) groups is 2. The van der Waals surface area contributed by atoms with E-state index in [1.165, 1.54) is 81.4 Å². The van der Waals surface area contributed by atoms with Gasteiger partial charge in [-0.2, -0.15) is 0 Å². The Balaban J connectivity index is 0.000000254. The Morgan fingerprint density at radius 3 is 2.36 bits per heavy atom. The zero-order valence-electron chi connectivity index (χ0n) is 33.9. The van der Waals surface area contributed by atoms with Gasteiger partial charge in [0, 0.05) is 44.4 Å². The van der Waals surface area contributed by atoms with Crippen LogP contribution in [0.25, 0.3) is 0 Å². The number of aliphatic carboxylic acids is 2. The second-order valence-electron chi connectivity index (χ2n) is 15.0. The number of rotatable bonds is 12. The van der Waals surface area contributed by atoms with Crippen LogP contribution in [0, 0.1) is 0 Å². The monoisotopic (exact) mass is 945 g/mol. The molecule has 6 atom stereocenters. The summed E-state index contributed by atoms with van der Waals surface area (Å²) in [5, 5.41) is 51.2. The molecule has 7 amide bonds. The number of hydrogen-bond acceptors (Lipinski definition) is 18. The summed E-state index contributed by atoms with van der Waals surface area (Å²) >= 11 is 2.49. The summed E-state index contributed by atoms with van der Waals surface area (Å²) in [4.78, 5) is 104. The van der Waals surface area contributed by atoms with Gasteiger partial charge >= 0.3 is 29.8 Å². The van der Waals surface area contributed by atoms with Gasteiger partial charge in [-0.15, -0.1) is 22.0 Å². The number of carboxylic acid groups (broad SMARTS) is 2. The molecule has 29 heteroatoms. The summed E-state index contributed by atoms with van der Waals surface area (Å²) in [6, 6.07) is 0.440. The molecule has 3 aromatic rings. The van der Waals surface area contributed by atoms with Gasteiger partial charge in [-0.3, -0.25) is 38.5 Å². The minimum atomic E-state index is -3.80. The van der Waals surface area contributed by atoms with Gasteiger partial charge < -0.3 is 35.8 Å². The molecule has 1 aromatic carbocycles. The number of aromatic nitrogens is 7. The number of hydrogen-bond donors (Lipinski definition) is 5. The van der Waals surface area contributed by atoms with Crippen LogP contribution < -0.4 is 10.6 Å². The normalized spacial score (nSPS) is 25.0.